The van der Waals surface area contributed by atoms with E-state index in [1.54, 1.807) is 0 Å². The third kappa shape index (κ3) is 6.07. The van der Waals surface area contributed by atoms with Crippen molar-refractivity contribution in [3.63, 3.8) is 0 Å². The van der Waals surface area contributed by atoms with E-state index in [0.717, 1.165) is 38.2 Å². The predicted octanol–water partition coefficient (Wildman–Crippen LogP) is 3.09. The Kier molecular flexibility index (Phi) is 5.63. The van der Waals surface area contributed by atoms with Crippen molar-refractivity contribution < 1.29 is 9.47 Å². The fourth-order valence-electron chi connectivity index (χ4n) is 2.41. The molecular weight excluding hydrogens is 290 g/mol. The zero-order valence-corrected chi connectivity index (χ0v) is 15.4. The number of ether oxygens (including phenoxy) is 2. The quantitative estimate of drug-likeness (QED) is 0.754. The molecule has 0 aromatic carbocycles. The van der Waals surface area contributed by atoms with Gasteiger partial charge in [-0.1, -0.05) is 0 Å². The summed E-state index contributed by atoms with van der Waals surface area (Å²) in [6, 6.07) is 3.92. The first-order chi connectivity index (χ1) is 10.6. The van der Waals surface area contributed by atoms with Crippen molar-refractivity contribution in [3.05, 3.63) is 17.8 Å². The van der Waals surface area contributed by atoms with Crippen LogP contribution in [-0.4, -0.2) is 52.0 Å². The summed E-state index contributed by atoms with van der Waals surface area (Å²) >= 11 is 0. The van der Waals surface area contributed by atoms with Gasteiger partial charge in [-0.05, 0) is 60.5 Å². The molecule has 0 bridgehead atoms. The Morgan fingerprint density at radius 3 is 2.30 bits per heavy atom. The minimum Gasteiger partial charge on any atom is -0.471 e. The molecule has 1 aliphatic rings. The second kappa shape index (κ2) is 7.14. The Balaban J connectivity index is 1.69. The summed E-state index contributed by atoms with van der Waals surface area (Å²) in [7, 11) is 0. The van der Waals surface area contributed by atoms with Gasteiger partial charge in [-0.25, -0.2) is 0 Å². The zero-order valence-electron chi connectivity index (χ0n) is 15.4. The minimum atomic E-state index is -0.0763. The summed E-state index contributed by atoms with van der Waals surface area (Å²) in [5.74, 6) is 0.623. The SMILES string of the molecule is CC(C)(C)OCCCc1ccc(OC2CN(C(C)(C)C)C2)nn1. The van der Waals surface area contributed by atoms with Crippen LogP contribution < -0.4 is 4.74 Å². The smallest absolute Gasteiger partial charge is 0.233 e. The van der Waals surface area contributed by atoms with Gasteiger partial charge in [0.2, 0.25) is 5.88 Å². The van der Waals surface area contributed by atoms with Crippen LogP contribution in [0.4, 0.5) is 0 Å². The number of likely N-dealkylation sites (tertiary alicyclic amines) is 1. The fourth-order valence-corrected chi connectivity index (χ4v) is 2.41. The molecule has 5 heteroatoms. The highest BCUT2D eigenvalue weighted by molar-refractivity contribution is 5.12. The third-order valence-electron chi connectivity index (χ3n) is 3.89. The lowest BCUT2D eigenvalue weighted by atomic mass is 9.99. The number of nitrogens with zero attached hydrogens (tertiary/aromatic N) is 3. The molecule has 23 heavy (non-hydrogen) atoms. The van der Waals surface area contributed by atoms with Gasteiger partial charge >= 0.3 is 0 Å². The van der Waals surface area contributed by atoms with Crippen LogP contribution in [-0.2, 0) is 11.2 Å². The van der Waals surface area contributed by atoms with Crippen LogP contribution in [0.25, 0.3) is 0 Å². The van der Waals surface area contributed by atoms with Crippen LogP contribution in [0, 0.1) is 0 Å². The summed E-state index contributed by atoms with van der Waals surface area (Å²) in [5.41, 5.74) is 1.12. The van der Waals surface area contributed by atoms with Gasteiger partial charge in [-0.15, -0.1) is 5.10 Å². The van der Waals surface area contributed by atoms with Crippen LogP contribution in [0.15, 0.2) is 12.1 Å². The molecule has 0 amide bonds. The van der Waals surface area contributed by atoms with Crippen LogP contribution >= 0.6 is 0 Å². The van der Waals surface area contributed by atoms with Crippen molar-refractivity contribution >= 4 is 0 Å². The van der Waals surface area contributed by atoms with Crippen LogP contribution in [0.1, 0.15) is 53.7 Å². The average Bonchev–Trinajstić information content (AvgIpc) is 2.37. The normalized spacial score (nSPS) is 17.1. The molecule has 0 unspecified atom stereocenters. The zero-order chi connectivity index (χ0) is 17.1. The van der Waals surface area contributed by atoms with Crippen LogP contribution in [0.2, 0.25) is 0 Å². The van der Waals surface area contributed by atoms with E-state index in [4.69, 9.17) is 9.47 Å². The van der Waals surface area contributed by atoms with E-state index >= 15 is 0 Å². The van der Waals surface area contributed by atoms with Crippen molar-refractivity contribution in [2.75, 3.05) is 19.7 Å². The molecule has 1 aliphatic heterocycles. The van der Waals surface area contributed by atoms with Gasteiger partial charge in [-0.2, -0.15) is 5.10 Å². The Hall–Kier alpha value is -1.20. The van der Waals surface area contributed by atoms with Gasteiger partial charge < -0.3 is 9.47 Å². The van der Waals surface area contributed by atoms with Gasteiger partial charge in [0, 0.05) is 31.3 Å². The van der Waals surface area contributed by atoms with E-state index in [1.165, 1.54) is 0 Å². The van der Waals surface area contributed by atoms with E-state index in [2.05, 4.69) is 56.6 Å². The molecule has 0 aliphatic carbocycles. The topological polar surface area (TPSA) is 47.5 Å². The lowest BCUT2D eigenvalue weighted by molar-refractivity contribution is -0.0371. The molecule has 0 saturated carbocycles. The van der Waals surface area contributed by atoms with Crippen molar-refractivity contribution in [1.29, 1.82) is 0 Å². The number of hydrogen-bond donors (Lipinski definition) is 0. The molecule has 1 aromatic rings. The first-order valence-corrected chi connectivity index (χ1v) is 8.52. The highest BCUT2D eigenvalue weighted by Crippen LogP contribution is 2.23. The molecule has 2 heterocycles. The van der Waals surface area contributed by atoms with E-state index in [1.807, 2.05) is 12.1 Å². The summed E-state index contributed by atoms with van der Waals surface area (Å²) in [6.07, 6.45) is 2.06. The maximum Gasteiger partial charge on any atom is 0.233 e. The molecule has 2 rings (SSSR count). The molecule has 0 spiro atoms. The standard InChI is InChI=1S/C18H31N3O2/c1-17(2,3)21-12-15(13-21)23-16-10-9-14(19-20-16)8-7-11-22-18(4,5)6/h9-10,15H,7-8,11-13H2,1-6H3. The first-order valence-electron chi connectivity index (χ1n) is 8.52. The van der Waals surface area contributed by atoms with E-state index in [9.17, 15) is 0 Å². The summed E-state index contributed by atoms with van der Waals surface area (Å²) in [6.45, 7) is 15.5. The summed E-state index contributed by atoms with van der Waals surface area (Å²) < 4.78 is 11.6. The average molecular weight is 321 g/mol. The number of aryl methyl sites for hydroxylation is 1. The summed E-state index contributed by atoms with van der Waals surface area (Å²) in [4.78, 5) is 2.40. The van der Waals surface area contributed by atoms with Gasteiger partial charge in [0.15, 0.2) is 0 Å². The van der Waals surface area contributed by atoms with E-state index < -0.39 is 0 Å². The molecule has 0 radical (unpaired) electrons. The number of hydrogen-bond acceptors (Lipinski definition) is 5. The lowest BCUT2D eigenvalue weighted by Gasteiger charge is -2.46. The minimum absolute atomic E-state index is 0.0763. The van der Waals surface area contributed by atoms with Crippen molar-refractivity contribution in [1.82, 2.24) is 15.1 Å². The molecule has 5 nitrogen and oxygen atoms in total. The van der Waals surface area contributed by atoms with Crippen molar-refractivity contribution in [2.24, 2.45) is 0 Å². The highest BCUT2D eigenvalue weighted by Gasteiger charge is 2.35. The molecule has 1 aromatic heterocycles. The number of aromatic nitrogens is 2. The predicted molar refractivity (Wildman–Crippen MR) is 91.8 cm³/mol. The third-order valence-corrected chi connectivity index (χ3v) is 3.89. The maximum absolute atomic E-state index is 5.86. The first kappa shape index (κ1) is 18.1. The maximum atomic E-state index is 5.86. The van der Waals surface area contributed by atoms with Gasteiger partial charge in [0.05, 0.1) is 11.3 Å². The number of rotatable bonds is 6. The Morgan fingerprint density at radius 2 is 1.78 bits per heavy atom. The van der Waals surface area contributed by atoms with Crippen LogP contribution in [0.3, 0.4) is 0 Å². The Bertz CT molecular complexity index is 482. The molecule has 0 atom stereocenters. The highest BCUT2D eigenvalue weighted by atomic mass is 16.5. The van der Waals surface area contributed by atoms with Crippen LogP contribution in [0.5, 0.6) is 5.88 Å². The summed E-state index contributed by atoms with van der Waals surface area (Å²) in [5, 5.41) is 8.43. The van der Waals surface area contributed by atoms with Crippen molar-refractivity contribution in [3.8, 4) is 5.88 Å². The Labute approximate surface area is 140 Å². The van der Waals surface area contributed by atoms with Gasteiger partial charge in [-0.3, -0.25) is 4.90 Å². The largest absolute Gasteiger partial charge is 0.471 e. The van der Waals surface area contributed by atoms with Gasteiger partial charge in [0.1, 0.15) is 6.10 Å². The molecule has 130 valence electrons. The Morgan fingerprint density at radius 1 is 1.09 bits per heavy atom. The monoisotopic (exact) mass is 321 g/mol. The fraction of sp³-hybridized carbons (Fsp3) is 0.778. The van der Waals surface area contributed by atoms with E-state index in [0.29, 0.717) is 5.88 Å². The molecule has 1 saturated heterocycles. The molecular formula is C18H31N3O2. The lowest BCUT2D eigenvalue weighted by Crippen LogP contribution is -2.60. The van der Waals surface area contributed by atoms with Gasteiger partial charge in [0.25, 0.3) is 0 Å². The molecule has 0 N–H and O–H groups in total. The molecule has 1 fully saturated rings. The van der Waals surface area contributed by atoms with E-state index in [-0.39, 0.29) is 17.2 Å². The second-order valence-corrected chi connectivity index (χ2v) is 8.24. The second-order valence-electron chi connectivity index (χ2n) is 8.24. The van der Waals surface area contributed by atoms with Crippen molar-refractivity contribution in [2.45, 2.75) is 71.6 Å².